The molecule has 3 nitrogen and oxygen atoms in total. The molecule has 2 aromatic rings. The van der Waals surface area contributed by atoms with Crippen molar-refractivity contribution in [2.45, 2.75) is 20.3 Å². The molecular formula is C19H23FIN2O+. The third kappa shape index (κ3) is 5.47. The lowest BCUT2D eigenvalue weighted by atomic mass is 10.1. The molecule has 24 heavy (non-hydrogen) atoms. The molecule has 2 amide bonds. The predicted octanol–water partition coefficient (Wildman–Crippen LogP) is 0.548. The lowest BCUT2D eigenvalue weighted by Crippen LogP contribution is -3.61. The van der Waals surface area contributed by atoms with Crippen LogP contribution in [0.3, 0.4) is 0 Å². The summed E-state index contributed by atoms with van der Waals surface area (Å²) in [7, 11) is 0. The van der Waals surface area contributed by atoms with Crippen molar-refractivity contribution in [2.75, 3.05) is 19.6 Å². The van der Waals surface area contributed by atoms with Crippen molar-refractivity contribution in [3.05, 3.63) is 67.1 Å². The van der Waals surface area contributed by atoms with Gasteiger partial charge in [0.2, 0.25) is 0 Å². The van der Waals surface area contributed by atoms with Gasteiger partial charge >= 0.3 is 27.2 Å². The number of rotatable bonds is 7. The highest BCUT2D eigenvalue weighted by Gasteiger charge is 2.19. The third-order valence-electron chi connectivity index (χ3n) is 3.69. The van der Waals surface area contributed by atoms with Gasteiger partial charge in [-0.05, 0) is 50.6 Å². The molecule has 1 N–H and O–H groups in total. The van der Waals surface area contributed by atoms with E-state index in [0.717, 1.165) is 19.5 Å². The summed E-state index contributed by atoms with van der Waals surface area (Å²) >= 11 is -0.348. The lowest BCUT2D eigenvalue weighted by molar-refractivity contribution is -0.598. The molecule has 0 fully saturated rings. The van der Waals surface area contributed by atoms with Gasteiger partial charge in [0.05, 0.1) is 0 Å². The lowest BCUT2D eigenvalue weighted by Gasteiger charge is -2.19. The predicted molar refractivity (Wildman–Crippen MR) is 90.3 cm³/mol. The number of nitrogens with one attached hydrogen (secondary N) is 1. The molecule has 0 atom stereocenters. The van der Waals surface area contributed by atoms with E-state index in [0.29, 0.717) is 6.54 Å². The van der Waals surface area contributed by atoms with Crippen LogP contribution in [0.1, 0.15) is 19.4 Å². The zero-order valence-electron chi connectivity index (χ0n) is 14.1. The molecule has 0 aliphatic rings. The summed E-state index contributed by atoms with van der Waals surface area (Å²) in [4.78, 5) is 13.8. The molecule has 128 valence electrons. The number of urea groups is 1. The van der Waals surface area contributed by atoms with E-state index in [2.05, 4.69) is 17.4 Å². The Kier molecular flexibility index (Phi) is 7.49. The summed E-state index contributed by atoms with van der Waals surface area (Å²) in [6.07, 6.45) is 0.810. The van der Waals surface area contributed by atoms with Gasteiger partial charge in [-0.15, -0.1) is 0 Å². The second-order valence-corrected chi connectivity index (χ2v) is 8.22. The topological polar surface area (TPSA) is 32.3 Å². The van der Waals surface area contributed by atoms with Crippen LogP contribution < -0.4 is 26.5 Å². The van der Waals surface area contributed by atoms with Gasteiger partial charge in [0.15, 0.2) is 7.14 Å². The minimum Gasteiger partial charge on any atom is -0.338 e. The quantitative estimate of drug-likeness (QED) is 0.626. The Bertz CT molecular complexity index is 657. The second kappa shape index (κ2) is 9.61. The van der Waals surface area contributed by atoms with E-state index in [1.165, 1.54) is 24.8 Å². The van der Waals surface area contributed by atoms with E-state index in [1.54, 1.807) is 4.90 Å². The fourth-order valence-corrected chi connectivity index (χ4v) is 4.90. The first-order valence-corrected chi connectivity index (χ1v) is 10.3. The smallest absolute Gasteiger partial charge is 0.338 e. The highest BCUT2D eigenvalue weighted by molar-refractivity contribution is 5.74. The summed E-state index contributed by atoms with van der Waals surface area (Å²) in [6, 6.07) is 15.1. The zero-order chi connectivity index (χ0) is 17.4. The molecular weight excluding hydrogens is 418 g/mol. The Balaban J connectivity index is 1.96. The standard InChI is InChI=1S/C19H22FIN2O/c1-3-23(4-2)19(24)22-14-13-15-7-5-6-8-18(15)21-17-11-9-16(20)10-12-17/h5-12H,3-4,13-14H2,1-2H3/p+1. The summed E-state index contributed by atoms with van der Waals surface area (Å²) in [5.41, 5.74) is 1.26. The molecule has 0 radical (unpaired) electrons. The van der Waals surface area contributed by atoms with Crippen LogP contribution in [-0.4, -0.2) is 30.6 Å². The highest BCUT2D eigenvalue weighted by atomic mass is 127. The van der Waals surface area contributed by atoms with Gasteiger partial charge in [0.1, 0.15) is 5.82 Å². The van der Waals surface area contributed by atoms with Crippen molar-refractivity contribution in [1.82, 2.24) is 10.2 Å². The zero-order valence-corrected chi connectivity index (χ0v) is 16.2. The minimum absolute atomic E-state index is 0.00860. The molecule has 0 aromatic heterocycles. The minimum atomic E-state index is -0.348. The van der Waals surface area contributed by atoms with Crippen molar-refractivity contribution >= 4 is 6.03 Å². The fourth-order valence-electron chi connectivity index (χ4n) is 2.33. The van der Waals surface area contributed by atoms with E-state index < -0.39 is 0 Å². The van der Waals surface area contributed by atoms with Crippen LogP contribution in [0, 0.1) is 13.0 Å². The van der Waals surface area contributed by atoms with E-state index in [-0.39, 0.29) is 33.1 Å². The number of hydrogen-bond donors (Lipinski definition) is 1. The van der Waals surface area contributed by atoms with Gasteiger partial charge in [-0.3, -0.25) is 0 Å². The number of benzene rings is 2. The van der Waals surface area contributed by atoms with Gasteiger partial charge in [0.25, 0.3) is 0 Å². The van der Waals surface area contributed by atoms with Crippen LogP contribution in [0.25, 0.3) is 0 Å². The van der Waals surface area contributed by atoms with Crippen molar-refractivity contribution in [1.29, 1.82) is 0 Å². The number of hydrogen-bond acceptors (Lipinski definition) is 1. The largest absolute Gasteiger partial charge is 0.358 e. The number of carbonyl (C=O) groups is 1. The summed E-state index contributed by atoms with van der Waals surface area (Å²) in [6.45, 7) is 6.01. The SMILES string of the molecule is CCN(CC)C(=O)NCCc1ccccc1[I+]c1ccc(F)cc1. The van der Waals surface area contributed by atoms with Crippen LogP contribution in [-0.2, 0) is 6.42 Å². The maximum atomic E-state index is 13.0. The summed E-state index contributed by atoms with van der Waals surface area (Å²) < 4.78 is 15.5. The third-order valence-corrected chi connectivity index (χ3v) is 6.67. The van der Waals surface area contributed by atoms with Gasteiger partial charge in [-0.25, -0.2) is 9.18 Å². The molecule has 2 aromatic carbocycles. The van der Waals surface area contributed by atoms with E-state index in [1.807, 2.05) is 38.1 Å². The Morgan fingerprint density at radius 1 is 1.08 bits per heavy atom. The first-order chi connectivity index (χ1) is 11.6. The molecule has 0 aliphatic heterocycles. The molecule has 2 rings (SSSR count). The van der Waals surface area contributed by atoms with Crippen molar-refractivity contribution < 1.29 is 30.4 Å². The fraction of sp³-hybridized carbons (Fsp3) is 0.316. The monoisotopic (exact) mass is 441 g/mol. The normalized spacial score (nSPS) is 10.5. The van der Waals surface area contributed by atoms with Gasteiger partial charge in [0, 0.05) is 25.2 Å². The molecule has 0 spiro atoms. The maximum absolute atomic E-state index is 13.0. The second-order valence-electron chi connectivity index (χ2n) is 5.28. The van der Waals surface area contributed by atoms with E-state index in [4.69, 9.17) is 0 Å². The van der Waals surface area contributed by atoms with Crippen LogP contribution in [0.4, 0.5) is 9.18 Å². The van der Waals surface area contributed by atoms with Crippen molar-refractivity contribution in [3.8, 4) is 0 Å². The average Bonchev–Trinajstić information content (AvgIpc) is 2.59. The Hall–Kier alpha value is -1.63. The molecule has 0 bridgehead atoms. The van der Waals surface area contributed by atoms with E-state index >= 15 is 0 Å². The maximum Gasteiger partial charge on any atom is 0.358 e. The number of amides is 2. The summed E-state index contributed by atoms with van der Waals surface area (Å²) in [5.74, 6) is -0.199. The number of carbonyl (C=O) groups excluding carboxylic acids is 1. The number of halogens is 2. The van der Waals surface area contributed by atoms with Crippen molar-refractivity contribution in [3.63, 3.8) is 0 Å². The molecule has 0 saturated carbocycles. The Morgan fingerprint density at radius 3 is 2.42 bits per heavy atom. The molecule has 0 aliphatic carbocycles. The molecule has 0 unspecified atom stereocenters. The van der Waals surface area contributed by atoms with Crippen LogP contribution in [0.5, 0.6) is 0 Å². The Labute approximate surface area is 153 Å². The molecule has 0 heterocycles. The molecule has 0 saturated heterocycles. The Morgan fingerprint density at radius 2 is 1.75 bits per heavy atom. The van der Waals surface area contributed by atoms with Gasteiger partial charge in [-0.2, -0.15) is 0 Å². The van der Waals surface area contributed by atoms with Crippen LogP contribution in [0.2, 0.25) is 0 Å². The average molecular weight is 441 g/mol. The highest BCUT2D eigenvalue weighted by Crippen LogP contribution is 2.00. The first kappa shape index (κ1) is 18.7. The molecule has 5 heteroatoms. The van der Waals surface area contributed by atoms with Gasteiger partial charge in [-0.1, -0.05) is 18.2 Å². The first-order valence-electron chi connectivity index (χ1n) is 8.15. The van der Waals surface area contributed by atoms with Crippen LogP contribution in [0.15, 0.2) is 48.5 Å². The number of nitrogens with zero attached hydrogens (tertiary/aromatic N) is 1. The summed E-state index contributed by atoms with van der Waals surface area (Å²) in [5, 5.41) is 2.98. The van der Waals surface area contributed by atoms with Crippen LogP contribution >= 0.6 is 0 Å². The van der Waals surface area contributed by atoms with Crippen molar-refractivity contribution in [2.24, 2.45) is 0 Å². The van der Waals surface area contributed by atoms with E-state index in [9.17, 15) is 9.18 Å². The van der Waals surface area contributed by atoms with Gasteiger partial charge < -0.3 is 10.2 Å².